The summed E-state index contributed by atoms with van der Waals surface area (Å²) in [6.45, 7) is 2.41. The Balaban J connectivity index is 1.37. The van der Waals surface area contributed by atoms with E-state index in [1.165, 1.54) is 11.8 Å². The molecule has 0 atom stereocenters. The van der Waals surface area contributed by atoms with Crippen LogP contribution in [0, 0.1) is 6.92 Å². The number of nitrogens with zero attached hydrogens (tertiary/aromatic N) is 4. The van der Waals surface area contributed by atoms with Crippen LogP contribution in [0.15, 0.2) is 84.0 Å². The highest BCUT2D eigenvalue weighted by Crippen LogP contribution is 2.20. The summed E-state index contributed by atoms with van der Waals surface area (Å²) in [6, 6.07) is 24.3. The molecule has 0 aliphatic carbocycles. The first-order chi connectivity index (χ1) is 16.1. The second kappa shape index (κ2) is 10.6. The Bertz CT molecular complexity index is 1240. The van der Waals surface area contributed by atoms with E-state index in [9.17, 15) is 9.59 Å². The molecule has 4 rings (SSSR count). The molecule has 0 bridgehead atoms. The number of nitrogens with one attached hydrogen (secondary N) is 2. The van der Waals surface area contributed by atoms with Gasteiger partial charge in [-0.3, -0.25) is 9.59 Å². The Morgan fingerprint density at radius 1 is 0.939 bits per heavy atom. The Kier molecular flexibility index (Phi) is 7.11. The summed E-state index contributed by atoms with van der Waals surface area (Å²) in [4.78, 5) is 25.3. The maximum absolute atomic E-state index is 12.7. The number of tetrazole rings is 1. The molecule has 33 heavy (non-hydrogen) atoms. The van der Waals surface area contributed by atoms with Crippen LogP contribution in [0.2, 0.25) is 0 Å². The van der Waals surface area contributed by atoms with E-state index in [4.69, 9.17) is 0 Å². The van der Waals surface area contributed by atoms with E-state index in [0.29, 0.717) is 23.0 Å². The summed E-state index contributed by atoms with van der Waals surface area (Å²) >= 11 is 1.22. The summed E-state index contributed by atoms with van der Waals surface area (Å²) in [5.41, 5.74) is 3.79. The minimum Gasteiger partial charge on any atom is -0.348 e. The number of para-hydroxylation sites is 1. The minimum atomic E-state index is -0.262. The van der Waals surface area contributed by atoms with Crippen LogP contribution in [-0.4, -0.2) is 37.8 Å². The van der Waals surface area contributed by atoms with Crippen molar-refractivity contribution in [2.24, 2.45) is 0 Å². The zero-order chi connectivity index (χ0) is 23.0. The van der Waals surface area contributed by atoms with Crippen molar-refractivity contribution in [2.75, 3.05) is 11.1 Å². The minimum absolute atomic E-state index is 0.0895. The molecule has 0 saturated carbocycles. The molecule has 1 heterocycles. The van der Waals surface area contributed by atoms with E-state index in [1.54, 1.807) is 28.9 Å². The number of aryl methyl sites for hydroxylation is 1. The van der Waals surface area contributed by atoms with Crippen LogP contribution in [0.3, 0.4) is 0 Å². The van der Waals surface area contributed by atoms with Crippen LogP contribution in [-0.2, 0) is 11.3 Å². The molecule has 0 fully saturated rings. The number of anilines is 1. The number of amides is 2. The normalized spacial score (nSPS) is 10.6. The number of carbonyl (C=O) groups excluding carboxylic acids is 2. The lowest BCUT2D eigenvalue weighted by atomic mass is 10.1. The van der Waals surface area contributed by atoms with E-state index in [-0.39, 0.29) is 17.6 Å². The molecule has 0 radical (unpaired) electrons. The first kappa shape index (κ1) is 22.2. The van der Waals surface area contributed by atoms with Crippen molar-refractivity contribution in [2.45, 2.75) is 18.6 Å². The summed E-state index contributed by atoms with van der Waals surface area (Å²) in [7, 11) is 0. The maximum Gasteiger partial charge on any atom is 0.253 e. The highest BCUT2D eigenvalue weighted by Gasteiger charge is 2.15. The molecule has 0 unspecified atom stereocenters. The molecule has 0 aliphatic heterocycles. The second-order valence-electron chi connectivity index (χ2n) is 7.26. The number of carbonyl (C=O) groups is 2. The van der Waals surface area contributed by atoms with Gasteiger partial charge in [0.2, 0.25) is 11.1 Å². The predicted molar refractivity (Wildman–Crippen MR) is 127 cm³/mol. The Hall–Kier alpha value is -3.98. The lowest BCUT2D eigenvalue weighted by molar-refractivity contribution is -0.113. The number of aromatic nitrogens is 4. The monoisotopic (exact) mass is 458 g/mol. The number of rotatable bonds is 8. The molecule has 3 aromatic carbocycles. The van der Waals surface area contributed by atoms with Gasteiger partial charge in [-0.2, -0.15) is 4.68 Å². The molecule has 2 amide bonds. The van der Waals surface area contributed by atoms with Crippen molar-refractivity contribution < 1.29 is 9.59 Å². The number of benzene rings is 3. The molecule has 8 nitrogen and oxygen atoms in total. The van der Waals surface area contributed by atoms with Crippen LogP contribution in [0.5, 0.6) is 0 Å². The molecule has 0 spiro atoms. The zero-order valence-electron chi connectivity index (χ0n) is 17.9. The van der Waals surface area contributed by atoms with Crippen molar-refractivity contribution in [1.29, 1.82) is 0 Å². The first-order valence-corrected chi connectivity index (χ1v) is 11.3. The Labute approximate surface area is 195 Å². The van der Waals surface area contributed by atoms with E-state index < -0.39 is 0 Å². The van der Waals surface area contributed by atoms with Gasteiger partial charge in [0.25, 0.3) is 5.91 Å². The van der Waals surface area contributed by atoms with Crippen molar-refractivity contribution in [3.05, 3.63) is 95.6 Å². The highest BCUT2D eigenvalue weighted by molar-refractivity contribution is 7.99. The van der Waals surface area contributed by atoms with Gasteiger partial charge in [-0.15, -0.1) is 5.10 Å². The Morgan fingerprint density at radius 3 is 2.45 bits per heavy atom. The van der Waals surface area contributed by atoms with Crippen molar-refractivity contribution >= 4 is 29.3 Å². The van der Waals surface area contributed by atoms with Crippen molar-refractivity contribution in [3.8, 4) is 5.69 Å². The second-order valence-corrected chi connectivity index (χ2v) is 8.20. The average molecular weight is 459 g/mol. The largest absolute Gasteiger partial charge is 0.348 e. The molecule has 0 aliphatic rings. The Morgan fingerprint density at radius 2 is 1.67 bits per heavy atom. The third-order valence-electron chi connectivity index (χ3n) is 4.79. The molecule has 9 heteroatoms. The summed E-state index contributed by atoms with van der Waals surface area (Å²) in [5.74, 6) is -0.431. The highest BCUT2D eigenvalue weighted by atomic mass is 32.2. The van der Waals surface area contributed by atoms with E-state index in [1.807, 2.05) is 61.5 Å². The van der Waals surface area contributed by atoms with Gasteiger partial charge in [0.15, 0.2) is 0 Å². The van der Waals surface area contributed by atoms with Crippen LogP contribution in [0.1, 0.15) is 21.5 Å². The predicted octanol–water partition coefficient (Wildman–Crippen LogP) is 3.63. The number of hydrogen-bond donors (Lipinski definition) is 2. The lowest BCUT2D eigenvalue weighted by Crippen LogP contribution is -2.25. The molecule has 1 aromatic heterocycles. The molecule has 166 valence electrons. The van der Waals surface area contributed by atoms with Gasteiger partial charge in [-0.05, 0) is 47.2 Å². The molecular weight excluding hydrogens is 436 g/mol. The van der Waals surface area contributed by atoms with Crippen molar-refractivity contribution in [3.63, 3.8) is 0 Å². The average Bonchev–Trinajstić information content (AvgIpc) is 3.31. The van der Waals surface area contributed by atoms with E-state index in [2.05, 4.69) is 26.2 Å². The lowest BCUT2D eigenvalue weighted by Gasteiger charge is -2.11. The van der Waals surface area contributed by atoms with Crippen LogP contribution in [0.25, 0.3) is 5.69 Å². The summed E-state index contributed by atoms with van der Waals surface area (Å²) in [5, 5.41) is 18.0. The van der Waals surface area contributed by atoms with Gasteiger partial charge < -0.3 is 10.6 Å². The van der Waals surface area contributed by atoms with Gasteiger partial charge in [-0.1, -0.05) is 71.9 Å². The standard InChI is InChI=1S/C24H22N6O2S/c1-17-11-13-19(14-12-17)30-24(27-28-29-30)33-16-22(31)26-21-10-6-5-9-20(21)23(32)25-15-18-7-3-2-4-8-18/h2-14H,15-16H2,1H3,(H,25,32)(H,26,31). The fourth-order valence-electron chi connectivity index (χ4n) is 3.10. The summed E-state index contributed by atoms with van der Waals surface area (Å²) < 4.78 is 1.59. The maximum atomic E-state index is 12.7. The van der Waals surface area contributed by atoms with E-state index >= 15 is 0 Å². The van der Waals surface area contributed by atoms with Gasteiger partial charge in [0.1, 0.15) is 0 Å². The quantitative estimate of drug-likeness (QED) is 0.391. The SMILES string of the molecule is Cc1ccc(-n2nnnc2SCC(=O)Nc2ccccc2C(=O)NCc2ccccc2)cc1. The van der Waals surface area contributed by atoms with Crippen molar-refractivity contribution in [1.82, 2.24) is 25.5 Å². The third-order valence-corrected chi connectivity index (χ3v) is 5.71. The smallest absolute Gasteiger partial charge is 0.253 e. The van der Waals surface area contributed by atoms with Gasteiger partial charge in [0, 0.05) is 6.54 Å². The zero-order valence-corrected chi connectivity index (χ0v) is 18.7. The molecule has 4 aromatic rings. The molecular formula is C24H22N6O2S. The van der Waals surface area contributed by atoms with Gasteiger partial charge in [-0.25, -0.2) is 0 Å². The summed E-state index contributed by atoms with van der Waals surface area (Å²) in [6.07, 6.45) is 0. The molecule has 0 saturated heterocycles. The van der Waals surface area contributed by atoms with Crippen LogP contribution >= 0.6 is 11.8 Å². The van der Waals surface area contributed by atoms with Gasteiger partial charge in [0.05, 0.1) is 22.7 Å². The number of hydrogen-bond acceptors (Lipinski definition) is 6. The van der Waals surface area contributed by atoms with Gasteiger partial charge >= 0.3 is 0 Å². The van der Waals surface area contributed by atoms with Crippen LogP contribution < -0.4 is 10.6 Å². The number of thioether (sulfide) groups is 1. The topological polar surface area (TPSA) is 102 Å². The first-order valence-electron chi connectivity index (χ1n) is 10.3. The fourth-order valence-corrected chi connectivity index (χ4v) is 3.79. The van der Waals surface area contributed by atoms with Crippen LogP contribution in [0.4, 0.5) is 5.69 Å². The van der Waals surface area contributed by atoms with E-state index in [0.717, 1.165) is 16.8 Å². The molecule has 2 N–H and O–H groups in total. The fraction of sp³-hybridized carbons (Fsp3) is 0.125. The third kappa shape index (κ3) is 5.83.